The van der Waals surface area contributed by atoms with Crippen molar-refractivity contribution in [1.29, 1.82) is 0 Å². The Bertz CT molecular complexity index is 1300. The van der Waals surface area contributed by atoms with Crippen molar-refractivity contribution in [3.8, 4) is 0 Å². The number of nitrogens with one attached hydrogen (secondary N) is 1. The van der Waals surface area contributed by atoms with Gasteiger partial charge in [0.1, 0.15) is 5.76 Å². The maximum atomic E-state index is 13.2. The smallest absolute Gasteiger partial charge is 0.262 e. The Morgan fingerprint density at radius 1 is 1.03 bits per heavy atom. The molecule has 0 bridgehead atoms. The van der Waals surface area contributed by atoms with Gasteiger partial charge in [-0.15, -0.1) is 0 Å². The van der Waals surface area contributed by atoms with Crippen molar-refractivity contribution in [3.63, 3.8) is 0 Å². The van der Waals surface area contributed by atoms with Crippen LogP contribution in [-0.2, 0) is 23.6 Å². The Morgan fingerprint density at radius 2 is 1.85 bits per heavy atom. The average molecular weight is 496 g/mol. The summed E-state index contributed by atoms with van der Waals surface area (Å²) in [5, 5.41) is 4.85. The first kappa shape index (κ1) is 24.1. The lowest BCUT2D eigenvalue weighted by Gasteiger charge is -2.13. The van der Waals surface area contributed by atoms with E-state index >= 15 is 0 Å². The minimum atomic E-state index is -0.0385. The molecule has 2 aromatic carbocycles. The minimum absolute atomic E-state index is 0.00285. The Hall–Kier alpha value is -3.03. The molecule has 176 valence electrons. The van der Waals surface area contributed by atoms with Crippen LogP contribution in [0.2, 0.25) is 5.02 Å². The first-order valence-electron chi connectivity index (χ1n) is 11.3. The van der Waals surface area contributed by atoms with E-state index in [0.717, 1.165) is 30.6 Å². The van der Waals surface area contributed by atoms with Crippen LogP contribution in [0, 0.1) is 0 Å². The maximum absolute atomic E-state index is 13.2. The van der Waals surface area contributed by atoms with Gasteiger partial charge in [-0.25, -0.2) is 4.98 Å². The molecule has 2 heterocycles. The number of hydrogen-bond acceptors (Lipinski definition) is 5. The van der Waals surface area contributed by atoms with E-state index in [4.69, 9.17) is 21.0 Å². The summed E-state index contributed by atoms with van der Waals surface area (Å²) in [5.74, 6) is 1.36. The zero-order chi connectivity index (χ0) is 23.8. The summed E-state index contributed by atoms with van der Waals surface area (Å²) in [6.45, 7) is 0.950. The number of furan rings is 1. The second kappa shape index (κ2) is 11.9. The van der Waals surface area contributed by atoms with Crippen LogP contribution in [0.25, 0.3) is 10.9 Å². The first-order chi connectivity index (χ1) is 16.6. The predicted octanol–water partition coefficient (Wildman–Crippen LogP) is 5.81. The number of aromatic nitrogens is 2. The quantitative estimate of drug-likeness (QED) is 0.161. The van der Waals surface area contributed by atoms with E-state index in [0.29, 0.717) is 46.3 Å². The van der Waals surface area contributed by atoms with Crippen LogP contribution >= 0.6 is 23.4 Å². The van der Waals surface area contributed by atoms with Gasteiger partial charge in [-0.3, -0.25) is 14.2 Å². The summed E-state index contributed by atoms with van der Waals surface area (Å²) >= 11 is 7.82. The molecule has 0 atom stereocenters. The summed E-state index contributed by atoms with van der Waals surface area (Å²) in [5.41, 5.74) is 1.66. The van der Waals surface area contributed by atoms with Gasteiger partial charge in [0.2, 0.25) is 5.91 Å². The highest BCUT2D eigenvalue weighted by molar-refractivity contribution is 7.98. The van der Waals surface area contributed by atoms with Gasteiger partial charge >= 0.3 is 0 Å². The van der Waals surface area contributed by atoms with Crippen LogP contribution in [-0.4, -0.2) is 15.5 Å². The number of thioether (sulfide) groups is 1. The van der Waals surface area contributed by atoms with Gasteiger partial charge in [0.25, 0.3) is 5.56 Å². The van der Waals surface area contributed by atoms with Crippen LogP contribution < -0.4 is 10.9 Å². The molecule has 0 spiro atoms. The third kappa shape index (κ3) is 6.30. The molecule has 0 aliphatic heterocycles. The van der Waals surface area contributed by atoms with Crippen molar-refractivity contribution in [2.24, 2.45) is 0 Å². The largest absolute Gasteiger partial charge is 0.467 e. The molecule has 2 aromatic heterocycles. The van der Waals surface area contributed by atoms with Gasteiger partial charge in [-0.05, 0) is 48.7 Å². The number of nitrogens with zero attached hydrogens (tertiary/aromatic N) is 2. The topological polar surface area (TPSA) is 77.1 Å². The molecule has 0 saturated carbocycles. The normalized spacial score (nSPS) is 11.1. The van der Waals surface area contributed by atoms with Crippen molar-refractivity contribution in [3.05, 3.63) is 93.6 Å². The van der Waals surface area contributed by atoms with Crippen LogP contribution in [0.5, 0.6) is 0 Å². The number of para-hydroxylation sites is 1. The average Bonchev–Trinajstić information content (AvgIpc) is 3.37. The number of benzene rings is 2. The molecule has 0 saturated heterocycles. The number of carbonyl (C=O) groups excluding carboxylic acids is 1. The lowest BCUT2D eigenvalue weighted by molar-refractivity contribution is -0.121. The second-order valence-corrected chi connectivity index (χ2v) is 9.26. The fourth-order valence-corrected chi connectivity index (χ4v) is 4.94. The van der Waals surface area contributed by atoms with E-state index in [9.17, 15) is 9.59 Å². The zero-order valence-electron chi connectivity index (χ0n) is 18.7. The predicted molar refractivity (Wildman–Crippen MR) is 136 cm³/mol. The van der Waals surface area contributed by atoms with E-state index in [1.807, 2.05) is 54.6 Å². The van der Waals surface area contributed by atoms with Crippen molar-refractivity contribution >= 4 is 40.2 Å². The summed E-state index contributed by atoms with van der Waals surface area (Å²) in [6, 6.07) is 18.7. The highest BCUT2D eigenvalue weighted by Crippen LogP contribution is 2.26. The summed E-state index contributed by atoms with van der Waals surface area (Å²) < 4.78 is 6.97. The van der Waals surface area contributed by atoms with E-state index in [-0.39, 0.29) is 11.5 Å². The number of amides is 1. The number of rotatable bonds is 11. The number of hydrogen-bond donors (Lipinski definition) is 1. The van der Waals surface area contributed by atoms with Crippen molar-refractivity contribution in [1.82, 2.24) is 14.9 Å². The highest BCUT2D eigenvalue weighted by atomic mass is 35.5. The molecule has 0 radical (unpaired) electrons. The van der Waals surface area contributed by atoms with Crippen molar-refractivity contribution in [2.45, 2.75) is 49.7 Å². The van der Waals surface area contributed by atoms with Gasteiger partial charge < -0.3 is 9.73 Å². The fraction of sp³-hybridized carbons (Fsp3) is 0.269. The molecule has 0 aliphatic rings. The Balaban J connectivity index is 1.36. The number of carbonyl (C=O) groups is 1. The number of fused-ring (bicyclic) bond motifs is 1. The number of unbranched alkanes of at least 4 members (excludes halogenated alkanes) is 2. The third-order valence-corrected chi connectivity index (χ3v) is 6.86. The summed E-state index contributed by atoms with van der Waals surface area (Å²) in [4.78, 5) is 30.0. The van der Waals surface area contributed by atoms with Crippen LogP contribution in [0.4, 0.5) is 0 Å². The molecule has 0 fully saturated rings. The third-order valence-electron chi connectivity index (χ3n) is 5.47. The van der Waals surface area contributed by atoms with Crippen molar-refractivity contribution in [2.75, 3.05) is 0 Å². The molecule has 6 nitrogen and oxygen atoms in total. The fourth-order valence-electron chi connectivity index (χ4n) is 3.63. The van der Waals surface area contributed by atoms with Crippen LogP contribution in [0.1, 0.15) is 37.0 Å². The zero-order valence-corrected chi connectivity index (χ0v) is 20.3. The van der Waals surface area contributed by atoms with E-state index < -0.39 is 0 Å². The number of halogens is 1. The Morgan fingerprint density at radius 3 is 2.68 bits per heavy atom. The molecule has 4 rings (SSSR count). The standard InChI is InChI=1S/C26H26ClN3O3S/c27-22-12-5-3-9-19(22)18-34-26-29-23-13-6-4-11-21(23)25(32)30(26)15-7-1-2-14-24(31)28-17-20-10-8-16-33-20/h3-6,8-13,16H,1-2,7,14-15,17-18H2,(H,28,31). The SMILES string of the molecule is O=C(CCCCCn1c(SCc2ccccc2Cl)nc2ccccc2c1=O)NCc1ccco1. The van der Waals surface area contributed by atoms with Gasteiger partial charge in [-0.1, -0.05) is 60.1 Å². The maximum Gasteiger partial charge on any atom is 0.262 e. The van der Waals surface area contributed by atoms with Crippen molar-refractivity contribution < 1.29 is 9.21 Å². The van der Waals surface area contributed by atoms with Crippen LogP contribution in [0.15, 0.2) is 81.3 Å². The summed E-state index contributed by atoms with van der Waals surface area (Å²) in [6.07, 6.45) is 4.40. The first-order valence-corrected chi connectivity index (χ1v) is 12.6. The van der Waals surface area contributed by atoms with Gasteiger partial charge in [0.15, 0.2) is 5.16 Å². The molecule has 0 unspecified atom stereocenters. The molecule has 8 heteroatoms. The van der Waals surface area contributed by atoms with Gasteiger partial charge in [0, 0.05) is 23.7 Å². The van der Waals surface area contributed by atoms with Gasteiger partial charge in [0.05, 0.1) is 23.7 Å². The monoisotopic (exact) mass is 495 g/mol. The molecular formula is C26H26ClN3O3S. The molecule has 1 amide bonds. The Kier molecular flexibility index (Phi) is 8.44. The van der Waals surface area contributed by atoms with E-state index in [1.54, 1.807) is 16.9 Å². The molecule has 4 aromatic rings. The molecule has 1 N–H and O–H groups in total. The molecule has 34 heavy (non-hydrogen) atoms. The highest BCUT2D eigenvalue weighted by Gasteiger charge is 2.12. The van der Waals surface area contributed by atoms with E-state index in [1.165, 1.54) is 11.8 Å². The Labute approximate surface area is 207 Å². The van der Waals surface area contributed by atoms with Gasteiger partial charge in [-0.2, -0.15) is 0 Å². The molecule has 0 aliphatic carbocycles. The lowest BCUT2D eigenvalue weighted by atomic mass is 10.2. The minimum Gasteiger partial charge on any atom is -0.467 e. The lowest BCUT2D eigenvalue weighted by Crippen LogP contribution is -2.24. The van der Waals surface area contributed by atoms with E-state index in [2.05, 4.69) is 5.32 Å². The molecular weight excluding hydrogens is 470 g/mol. The van der Waals surface area contributed by atoms with Crippen LogP contribution in [0.3, 0.4) is 0 Å². The summed E-state index contributed by atoms with van der Waals surface area (Å²) in [7, 11) is 0. The second-order valence-electron chi connectivity index (χ2n) is 7.92.